The predicted octanol–water partition coefficient (Wildman–Crippen LogP) is 5.25. The highest BCUT2D eigenvalue weighted by molar-refractivity contribution is 5.99. The monoisotopic (exact) mass is 523 g/mol. The van der Waals surface area contributed by atoms with E-state index in [0.717, 1.165) is 42.7 Å². The molecule has 2 aromatic carbocycles. The molecule has 0 unspecified atom stereocenters. The van der Waals surface area contributed by atoms with Gasteiger partial charge in [0.05, 0.1) is 0 Å². The van der Waals surface area contributed by atoms with Crippen LogP contribution in [0.4, 0.5) is 23.3 Å². The molecule has 1 aliphatic heterocycles. The van der Waals surface area contributed by atoms with Crippen LogP contribution in [0.15, 0.2) is 79.0 Å². The second kappa shape index (κ2) is 12.4. The second-order valence-corrected chi connectivity index (χ2v) is 9.49. The molecule has 0 saturated carbocycles. The summed E-state index contributed by atoms with van der Waals surface area (Å²) in [5, 5.41) is 9.25. The van der Waals surface area contributed by atoms with Gasteiger partial charge in [-0.05, 0) is 56.1 Å². The Morgan fingerprint density at radius 2 is 1.67 bits per heavy atom. The molecule has 9 nitrogen and oxygen atoms in total. The standard InChI is InChI=1S/C30H33N7O2/c1-3-31-29(38)25-20-32-30(33-23-14-12-22(13-15-23)21-8-5-4-6-9-21)36-28(25)35-26-10-7-11-27(34-26)39-24-16-18-37(2)19-17-24/h4-15,20,24H,3,16-19H2,1-2H3,(H,31,38)(H2,32,33,34,35,36). The zero-order valence-electron chi connectivity index (χ0n) is 22.2. The summed E-state index contributed by atoms with van der Waals surface area (Å²) >= 11 is 0. The highest BCUT2D eigenvalue weighted by atomic mass is 16.5. The smallest absolute Gasteiger partial charge is 0.256 e. The molecule has 3 heterocycles. The molecule has 4 aromatic rings. The number of amides is 1. The van der Waals surface area contributed by atoms with Crippen LogP contribution in [0, 0.1) is 0 Å². The van der Waals surface area contributed by atoms with Crippen molar-refractivity contribution in [2.75, 3.05) is 37.3 Å². The molecule has 1 fully saturated rings. The first-order valence-corrected chi connectivity index (χ1v) is 13.2. The zero-order valence-corrected chi connectivity index (χ0v) is 22.2. The van der Waals surface area contributed by atoms with E-state index < -0.39 is 0 Å². The van der Waals surface area contributed by atoms with Crippen molar-refractivity contribution in [3.05, 3.63) is 84.6 Å². The van der Waals surface area contributed by atoms with Crippen molar-refractivity contribution in [2.24, 2.45) is 0 Å². The fourth-order valence-electron chi connectivity index (χ4n) is 4.41. The first-order chi connectivity index (χ1) is 19.1. The molecule has 3 N–H and O–H groups in total. The van der Waals surface area contributed by atoms with E-state index in [4.69, 9.17) is 4.74 Å². The van der Waals surface area contributed by atoms with E-state index in [9.17, 15) is 4.79 Å². The maximum Gasteiger partial charge on any atom is 0.256 e. The van der Waals surface area contributed by atoms with Crippen LogP contribution in [-0.2, 0) is 0 Å². The summed E-state index contributed by atoms with van der Waals surface area (Å²) in [5.41, 5.74) is 3.42. The molecule has 0 bridgehead atoms. The van der Waals surface area contributed by atoms with Crippen LogP contribution < -0.4 is 20.7 Å². The third kappa shape index (κ3) is 6.88. The number of hydrogen-bond acceptors (Lipinski definition) is 8. The van der Waals surface area contributed by atoms with Crippen LogP contribution in [0.25, 0.3) is 11.1 Å². The fraction of sp³-hybridized carbons (Fsp3) is 0.267. The van der Waals surface area contributed by atoms with Gasteiger partial charge in [-0.25, -0.2) is 4.98 Å². The normalized spacial score (nSPS) is 14.0. The minimum atomic E-state index is -0.266. The number of piperidine rings is 1. The molecular weight excluding hydrogens is 490 g/mol. The number of carbonyl (C=O) groups excluding carboxylic acids is 1. The van der Waals surface area contributed by atoms with Crippen LogP contribution >= 0.6 is 0 Å². The Morgan fingerprint density at radius 1 is 0.923 bits per heavy atom. The SMILES string of the molecule is CCNC(=O)c1cnc(Nc2ccc(-c3ccccc3)cc2)nc1Nc1cccc(OC2CCN(C)CC2)n1. The number of anilines is 4. The number of likely N-dealkylation sites (tertiary alicyclic amines) is 1. The maximum atomic E-state index is 12.8. The molecule has 2 aromatic heterocycles. The molecule has 200 valence electrons. The third-order valence-corrected chi connectivity index (χ3v) is 6.54. The van der Waals surface area contributed by atoms with Gasteiger partial charge in [-0.1, -0.05) is 48.5 Å². The van der Waals surface area contributed by atoms with Crippen molar-refractivity contribution in [2.45, 2.75) is 25.9 Å². The molecule has 1 saturated heterocycles. The van der Waals surface area contributed by atoms with Gasteiger partial charge >= 0.3 is 0 Å². The van der Waals surface area contributed by atoms with Crippen LogP contribution in [0.5, 0.6) is 5.88 Å². The third-order valence-electron chi connectivity index (χ3n) is 6.54. The molecule has 5 rings (SSSR count). The summed E-state index contributed by atoms with van der Waals surface area (Å²) in [6, 6.07) is 23.8. The van der Waals surface area contributed by atoms with E-state index in [1.165, 1.54) is 6.20 Å². The van der Waals surface area contributed by atoms with Crippen LogP contribution in [0.2, 0.25) is 0 Å². The van der Waals surface area contributed by atoms with E-state index >= 15 is 0 Å². The molecule has 1 aliphatic rings. The van der Waals surface area contributed by atoms with Crippen molar-refractivity contribution in [1.82, 2.24) is 25.2 Å². The lowest BCUT2D eigenvalue weighted by Crippen LogP contribution is -2.35. The van der Waals surface area contributed by atoms with Gasteiger partial charge in [0.1, 0.15) is 23.3 Å². The number of rotatable bonds is 9. The van der Waals surface area contributed by atoms with Crippen LogP contribution in [0.3, 0.4) is 0 Å². The van der Waals surface area contributed by atoms with Gasteiger partial charge in [0, 0.05) is 37.6 Å². The average Bonchev–Trinajstić information content (AvgIpc) is 2.96. The minimum Gasteiger partial charge on any atom is -0.474 e. The lowest BCUT2D eigenvalue weighted by atomic mass is 10.1. The summed E-state index contributed by atoms with van der Waals surface area (Å²) in [6.07, 6.45) is 3.58. The number of hydrogen-bond donors (Lipinski definition) is 3. The number of nitrogens with zero attached hydrogens (tertiary/aromatic N) is 4. The van der Waals surface area contributed by atoms with Crippen LogP contribution in [0.1, 0.15) is 30.1 Å². The number of ether oxygens (including phenoxy) is 1. The maximum absolute atomic E-state index is 12.8. The fourth-order valence-corrected chi connectivity index (χ4v) is 4.41. The van der Waals surface area contributed by atoms with E-state index in [1.807, 2.05) is 67.6 Å². The first kappa shape index (κ1) is 26.1. The number of nitrogens with one attached hydrogen (secondary N) is 3. The Balaban J connectivity index is 1.34. The Hall–Kier alpha value is -4.50. The van der Waals surface area contributed by atoms with Crippen molar-refractivity contribution >= 4 is 29.2 Å². The van der Waals surface area contributed by atoms with E-state index in [-0.39, 0.29) is 12.0 Å². The summed E-state index contributed by atoms with van der Waals surface area (Å²) in [5.74, 6) is 1.51. The van der Waals surface area contributed by atoms with Crippen molar-refractivity contribution in [3.8, 4) is 17.0 Å². The molecule has 1 amide bonds. The van der Waals surface area contributed by atoms with Gasteiger partial charge in [0.2, 0.25) is 11.8 Å². The summed E-state index contributed by atoms with van der Waals surface area (Å²) < 4.78 is 6.14. The van der Waals surface area contributed by atoms with Gasteiger partial charge < -0.3 is 25.6 Å². The zero-order chi connectivity index (χ0) is 27.0. The summed E-state index contributed by atoms with van der Waals surface area (Å²) in [6.45, 7) is 4.37. The largest absolute Gasteiger partial charge is 0.474 e. The quantitative estimate of drug-likeness (QED) is 0.273. The minimum absolute atomic E-state index is 0.137. The molecule has 39 heavy (non-hydrogen) atoms. The van der Waals surface area contributed by atoms with Gasteiger partial charge in [-0.15, -0.1) is 0 Å². The number of benzene rings is 2. The molecule has 0 spiro atoms. The Kier molecular flexibility index (Phi) is 8.28. The molecular formula is C30H33N7O2. The predicted molar refractivity (Wildman–Crippen MR) is 154 cm³/mol. The topological polar surface area (TPSA) is 104 Å². The van der Waals surface area contributed by atoms with Crippen molar-refractivity contribution < 1.29 is 9.53 Å². The van der Waals surface area contributed by atoms with E-state index in [1.54, 1.807) is 0 Å². The highest BCUT2D eigenvalue weighted by Crippen LogP contribution is 2.25. The first-order valence-electron chi connectivity index (χ1n) is 13.2. The van der Waals surface area contributed by atoms with E-state index in [0.29, 0.717) is 35.6 Å². The number of carbonyl (C=O) groups is 1. The number of aromatic nitrogens is 3. The lowest BCUT2D eigenvalue weighted by Gasteiger charge is -2.29. The Morgan fingerprint density at radius 3 is 2.41 bits per heavy atom. The molecule has 9 heteroatoms. The average molecular weight is 524 g/mol. The molecule has 0 radical (unpaired) electrons. The van der Waals surface area contributed by atoms with Gasteiger partial charge in [-0.2, -0.15) is 9.97 Å². The van der Waals surface area contributed by atoms with Gasteiger partial charge in [0.15, 0.2) is 0 Å². The van der Waals surface area contributed by atoms with Crippen LogP contribution in [-0.4, -0.2) is 58.5 Å². The highest BCUT2D eigenvalue weighted by Gasteiger charge is 2.19. The summed E-state index contributed by atoms with van der Waals surface area (Å²) in [4.78, 5) is 28.7. The second-order valence-electron chi connectivity index (χ2n) is 9.49. The lowest BCUT2D eigenvalue weighted by molar-refractivity contribution is 0.0956. The summed E-state index contributed by atoms with van der Waals surface area (Å²) in [7, 11) is 2.12. The van der Waals surface area contributed by atoms with E-state index in [2.05, 4.69) is 55.0 Å². The Bertz CT molecular complexity index is 1390. The van der Waals surface area contributed by atoms with Crippen molar-refractivity contribution in [1.29, 1.82) is 0 Å². The number of pyridine rings is 1. The van der Waals surface area contributed by atoms with Crippen molar-refractivity contribution in [3.63, 3.8) is 0 Å². The Labute approximate surface area is 228 Å². The van der Waals surface area contributed by atoms with Gasteiger partial charge in [0.25, 0.3) is 5.91 Å². The molecule has 0 atom stereocenters. The van der Waals surface area contributed by atoms with Gasteiger partial charge in [-0.3, -0.25) is 4.79 Å². The molecule has 0 aliphatic carbocycles.